The maximum absolute atomic E-state index is 5.50. The summed E-state index contributed by atoms with van der Waals surface area (Å²) in [6, 6.07) is 17.9. The van der Waals surface area contributed by atoms with E-state index in [1.54, 1.807) is 21.3 Å². The Hall–Kier alpha value is -1.70. The van der Waals surface area contributed by atoms with Crippen molar-refractivity contribution in [2.24, 2.45) is 0 Å². The van der Waals surface area contributed by atoms with Crippen molar-refractivity contribution in [1.29, 1.82) is 0 Å². The van der Waals surface area contributed by atoms with Gasteiger partial charge in [0, 0.05) is 35.3 Å². The Morgan fingerprint density at radius 3 is 1.07 bits per heavy atom. The number of halogens is 3. The minimum Gasteiger partial charge on any atom is -0.495 e. The zero-order valence-electron chi connectivity index (χ0n) is 15.5. The Bertz CT molecular complexity index is 867. The van der Waals surface area contributed by atoms with Crippen molar-refractivity contribution < 1.29 is 14.2 Å². The third kappa shape index (κ3) is 4.31. The largest absolute Gasteiger partial charge is 0.495 e. The van der Waals surface area contributed by atoms with Gasteiger partial charge < -0.3 is 19.1 Å². The lowest BCUT2D eigenvalue weighted by molar-refractivity contribution is 0.412. The summed E-state index contributed by atoms with van der Waals surface area (Å²) in [5.74, 6) is 2.24. The van der Waals surface area contributed by atoms with Crippen molar-refractivity contribution in [2.45, 2.75) is 0 Å². The summed E-state index contributed by atoms with van der Waals surface area (Å²) < 4.78 is 19.2. The van der Waals surface area contributed by atoms with Gasteiger partial charge in [0.05, 0.1) is 34.7 Å². The minimum absolute atomic E-state index is 0.746. The van der Waals surface area contributed by atoms with E-state index in [-0.39, 0.29) is 0 Å². The number of anilines is 3. The van der Waals surface area contributed by atoms with E-state index in [1.165, 1.54) is 0 Å². The van der Waals surface area contributed by atoms with Gasteiger partial charge in [-0.05, 0) is 84.2 Å². The molecule has 28 heavy (non-hydrogen) atoms. The van der Waals surface area contributed by atoms with Crippen LogP contribution in [-0.4, -0.2) is 21.3 Å². The molecule has 0 saturated carbocycles. The van der Waals surface area contributed by atoms with Gasteiger partial charge in [0.1, 0.15) is 17.2 Å². The van der Waals surface area contributed by atoms with Crippen LogP contribution in [0.1, 0.15) is 0 Å². The third-order valence-corrected chi connectivity index (χ3v) is 6.14. The van der Waals surface area contributed by atoms with Crippen LogP contribution >= 0.6 is 47.8 Å². The molecule has 3 rings (SSSR count). The normalized spacial score (nSPS) is 10.5. The topological polar surface area (TPSA) is 30.9 Å². The van der Waals surface area contributed by atoms with Crippen LogP contribution in [0.4, 0.5) is 17.1 Å². The van der Waals surface area contributed by atoms with Crippen molar-refractivity contribution in [3.63, 3.8) is 0 Å². The van der Waals surface area contributed by atoms with Crippen LogP contribution in [0.2, 0.25) is 0 Å². The van der Waals surface area contributed by atoms with E-state index in [1.807, 2.05) is 54.6 Å². The lowest BCUT2D eigenvalue weighted by Crippen LogP contribution is -2.10. The summed E-state index contributed by atoms with van der Waals surface area (Å²) >= 11 is 10.6. The van der Waals surface area contributed by atoms with Gasteiger partial charge in [-0.2, -0.15) is 0 Å². The highest BCUT2D eigenvalue weighted by Gasteiger charge is 2.17. The molecule has 0 aromatic heterocycles. The molecular weight excluding hydrogens is 554 g/mol. The molecule has 7 heteroatoms. The molecule has 146 valence electrons. The molecule has 0 saturated heterocycles. The maximum Gasteiger partial charge on any atom is 0.135 e. The third-order valence-electron chi connectivity index (χ3n) is 4.18. The summed E-state index contributed by atoms with van der Waals surface area (Å²) in [5.41, 5.74) is 2.82. The fraction of sp³-hybridized carbons (Fsp3) is 0.143. The highest BCUT2D eigenvalue weighted by atomic mass is 79.9. The Balaban J connectivity index is 2.22. The van der Waals surface area contributed by atoms with E-state index >= 15 is 0 Å². The predicted octanol–water partition coefficient (Wildman–Crippen LogP) is 7.47. The van der Waals surface area contributed by atoms with Gasteiger partial charge in [-0.15, -0.1) is 0 Å². The summed E-state index contributed by atoms with van der Waals surface area (Å²) in [4.78, 5) is 2.11. The summed E-state index contributed by atoms with van der Waals surface area (Å²) in [6.45, 7) is 0. The minimum atomic E-state index is 0.746. The van der Waals surface area contributed by atoms with Crippen molar-refractivity contribution >= 4 is 64.9 Å². The summed E-state index contributed by atoms with van der Waals surface area (Å²) in [5, 5.41) is 0. The highest BCUT2D eigenvalue weighted by Crippen LogP contribution is 2.42. The number of hydrogen-bond acceptors (Lipinski definition) is 4. The van der Waals surface area contributed by atoms with Gasteiger partial charge in [0.15, 0.2) is 0 Å². The van der Waals surface area contributed by atoms with E-state index in [4.69, 9.17) is 14.2 Å². The molecule has 0 aliphatic rings. The Labute approximate surface area is 189 Å². The van der Waals surface area contributed by atoms with Crippen molar-refractivity contribution in [1.82, 2.24) is 0 Å². The standard InChI is InChI=1S/C21H18Br3NO3/c1-26-19-10-13(4-7-16(19)22)25(14-5-8-17(23)20(11-14)27-2)15-6-9-18(24)21(12-15)28-3/h4-12H,1-3H3. The SMILES string of the molecule is COc1cc(N(c2ccc(Br)c(OC)c2)c2ccc(Br)c(OC)c2)ccc1Br. The molecule has 4 nitrogen and oxygen atoms in total. The second-order valence-corrected chi connectivity index (χ2v) is 8.35. The van der Waals surface area contributed by atoms with Crippen molar-refractivity contribution in [2.75, 3.05) is 26.2 Å². The molecule has 0 heterocycles. The van der Waals surface area contributed by atoms with E-state index < -0.39 is 0 Å². The molecule has 0 atom stereocenters. The van der Waals surface area contributed by atoms with Crippen LogP contribution in [-0.2, 0) is 0 Å². The second kappa shape index (κ2) is 9.20. The summed E-state index contributed by atoms with van der Waals surface area (Å²) in [7, 11) is 4.96. The molecular formula is C21H18Br3NO3. The van der Waals surface area contributed by atoms with Crippen molar-refractivity contribution in [3.05, 3.63) is 68.0 Å². The Morgan fingerprint density at radius 2 is 0.821 bits per heavy atom. The zero-order chi connectivity index (χ0) is 20.3. The number of ether oxygens (including phenoxy) is 3. The molecule has 0 spiro atoms. The van der Waals surface area contributed by atoms with Gasteiger partial charge in [-0.3, -0.25) is 0 Å². The molecule has 0 amide bonds. The summed E-state index contributed by atoms with van der Waals surface area (Å²) in [6.07, 6.45) is 0. The monoisotopic (exact) mass is 569 g/mol. The van der Waals surface area contributed by atoms with Crippen LogP contribution in [0.5, 0.6) is 17.2 Å². The van der Waals surface area contributed by atoms with E-state index in [0.717, 1.165) is 47.7 Å². The quantitative estimate of drug-likeness (QED) is 0.307. The number of nitrogens with zero attached hydrogens (tertiary/aromatic N) is 1. The Morgan fingerprint density at radius 1 is 0.536 bits per heavy atom. The molecule has 0 unspecified atom stereocenters. The van der Waals surface area contributed by atoms with Crippen molar-refractivity contribution in [3.8, 4) is 17.2 Å². The van der Waals surface area contributed by atoms with E-state index in [0.29, 0.717) is 0 Å². The van der Waals surface area contributed by atoms with E-state index in [9.17, 15) is 0 Å². The second-order valence-electron chi connectivity index (χ2n) is 5.79. The molecule has 0 N–H and O–H groups in total. The maximum atomic E-state index is 5.50. The molecule has 0 aliphatic heterocycles. The van der Waals surface area contributed by atoms with Gasteiger partial charge in [0.25, 0.3) is 0 Å². The molecule has 3 aromatic carbocycles. The van der Waals surface area contributed by atoms with Crippen LogP contribution in [0.15, 0.2) is 68.0 Å². The van der Waals surface area contributed by atoms with Gasteiger partial charge in [-0.25, -0.2) is 0 Å². The first-order chi connectivity index (χ1) is 13.5. The lowest BCUT2D eigenvalue weighted by atomic mass is 10.1. The number of rotatable bonds is 6. The first-order valence-electron chi connectivity index (χ1n) is 8.29. The fourth-order valence-corrected chi connectivity index (χ4v) is 4.04. The van der Waals surface area contributed by atoms with Gasteiger partial charge in [0.2, 0.25) is 0 Å². The van der Waals surface area contributed by atoms with Gasteiger partial charge in [-0.1, -0.05) is 0 Å². The lowest BCUT2D eigenvalue weighted by Gasteiger charge is -2.27. The fourth-order valence-electron chi connectivity index (χ4n) is 2.81. The zero-order valence-corrected chi connectivity index (χ0v) is 20.3. The molecule has 0 radical (unpaired) electrons. The number of benzene rings is 3. The average Bonchev–Trinajstić information content (AvgIpc) is 2.71. The van der Waals surface area contributed by atoms with Crippen LogP contribution in [0, 0.1) is 0 Å². The highest BCUT2D eigenvalue weighted by molar-refractivity contribution is 9.11. The average molecular weight is 572 g/mol. The Kier molecular flexibility index (Phi) is 6.91. The smallest absolute Gasteiger partial charge is 0.135 e. The van der Waals surface area contributed by atoms with Gasteiger partial charge >= 0.3 is 0 Å². The molecule has 0 fully saturated rings. The number of methoxy groups -OCH3 is 3. The first kappa shape index (κ1) is 21.0. The predicted molar refractivity (Wildman–Crippen MR) is 124 cm³/mol. The van der Waals surface area contributed by atoms with E-state index in [2.05, 4.69) is 52.7 Å². The van der Waals surface area contributed by atoms with Crippen LogP contribution in [0.25, 0.3) is 0 Å². The molecule has 3 aromatic rings. The first-order valence-corrected chi connectivity index (χ1v) is 10.7. The number of hydrogen-bond donors (Lipinski definition) is 0. The van der Waals surface area contributed by atoms with Crippen LogP contribution in [0.3, 0.4) is 0 Å². The molecule has 0 aliphatic carbocycles. The van der Waals surface area contributed by atoms with Crippen LogP contribution < -0.4 is 19.1 Å². The molecule has 0 bridgehead atoms.